The Kier molecular flexibility index (Phi) is 7.20. The van der Waals surface area contributed by atoms with Crippen LogP contribution >= 0.6 is 0 Å². The van der Waals surface area contributed by atoms with E-state index in [1.807, 2.05) is 50.2 Å². The number of ether oxygens (including phenoxy) is 1. The number of rotatable bonds is 0. The number of hydrogen-bond acceptors (Lipinski definition) is 1. The lowest BCUT2D eigenvalue weighted by atomic mass is 10.1. The molecule has 3 rings (SSSR count). The molecule has 0 amide bonds. The fraction of sp³-hybridized carbons (Fsp3) is 0.263. The van der Waals surface area contributed by atoms with Crippen molar-refractivity contribution in [3.8, 4) is 11.5 Å². The summed E-state index contributed by atoms with van der Waals surface area (Å²) < 4.78 is 5.84. The van der Waals surface area contributed by atoms with Crippen LogP contribution in [-0.4, -0.2) is 0 Å². The van der Waals surface area contributed by atoms with E-state index < -0.39 is 0 Å². The van der Waals surface area contributed by atoms with E-state index in [2.05, 4.69) is 38.1 Å². The first-order valence-electron chi connectivity index (χ1n) is 7.39. The average Bonchev–Trinajstić information content (AvgIpc) is 2.69. The summed E-state index contributed by atoms with van der Waals surface area (Å²) in [6.07, 6.45) is 5.42. The summed E-state index contributed by atoms with van der Waals surface area (Å²) in [5.74, 6) is 1.83. The van der Waals surface area contributed by atoms with Crippen LogP contribution in [0.25, 0.3) is 12.2 Å². The second kappa shape index (κ2) is 8.98. The monoisotopic (exact) mass is 268 g/mol. The molecule has 1 heterocycles. The number of fused-ring (bicyclic) bond motifs is 2. The molecule has 0 N–H and O–H groups in total. The lowest BCUT2D eigenvalue weighted by Gasteiger charge is -2.07. The van der Waals surface area contributed by atoms with E-state index in [0.29, 0.717) is 0 Å². The summed E-state index contributed by atoms with van der Waals surface area (Å²) in [6, 6.07) is 16.1. The Morgan fingerprint density at radius 1 is 0.700 bits per heavy atom. The van der Waals surface area contributed by atoms with Crippen LogP contribution in [0.4, 0.5) is 0 Å². The number of benzene rings is 2. The maximum atomic E-state index is 5.84. The zero-order valence-electron chi connectivity index (χ0n) is 12.9. The minimum Gasteiger partial charge on any atom is -0.456 e. The quantitative estimate of drug-likeness (QED) is 0.458. The van der Waals surface area contributed by atoms with Gasteiger partial charge in [-0.1, -0.05) is 82.7 Å². The van der Waals surface area contributed by atoms with Crippen LogP contribution in [0.2, 0.25) is 0 Å². The van der Waals surface area contributed by atoms with Crippen molar-refractivity contribution in [3.05, 3.63) is 59.7 Å². The van der Waals surface area contributed by atoms with E-state index in [-0.39, 0.29) is 0 Å². The van der Waals surface area contributed by atoms with Gasteiger partial charge < -0.3 is 4.74 Å². The van der Waals surface area contributed by atoms with Gasteiger partial charge in [0.05, 0.1) is 0 Å². The van der Waals surface area contributed by atoms with Crippen LogP contribution in [0.1, 0.15) is 45.2 Å². The highest BCUT2D eigenvalue weighted by molar-refractivity contribution is 5.77. The van der Waals surface area contributed by atoms with Gasteiger partial charge in [0.25, 0.3) is 0 Å². The molecule has 0 bridgehead atoms. The molecule has 106 valence electrons. The summed E-state index contributed by atoms with van der Waals surface area (Å²) >= 11 is 0. The van der Waals surface area contributed by atoms with Crippen LogP contribution < -0.4 is 4.74 Å². The summed E-state index contributed by atoms with van der Waals surface area (Å²) in [5.41, 5.74) is 2.24. The van der Waals surface area contributed by atoms with Crippen molar-refractivity contribution in [1.29, 1.82) is 0 Å². The van der Waals surface area contributed by atoms with E-state index in [9.17, 15) is 0 Å². The molecule has 20 heavy (non-hydrogen) atoms. The van der Waals surface area contributed by atoms with Crippen molar-refractivity contribution in [2.24, 2.45) is 0 Å². The normalized spacial score (nSPS) is 10.4. The molecule has 1 aliphatic rings. The van der Waals surface area contributed by atoms with Gasteiger partial charge in [-0.05, 0) is 12.1 Å². The number of para-hydroxylation sites is 2. The van der Waals surface area contributed by atoms with Gasteiger partial charge in [-0.2, -0.15) is 0 Å². The van der Waals surface area contributed by atoms with Crippen molar-refractivity contribution in [2.45, 2.75) is 34.1 Å². The van der Waals surface area contributed by atoms with Gasteiger partial charge in [-0.15, -0.1) is 0 Å². The third-order valence-electron chi connectivity index (χ3n) is 2.50. The summed E-state index contributed by atoms with van der Waals surface area (Å²) in [5, 5.41) is 0. The van der Waals surface area contributed by atoms with Crippen LogP contribution in [0.3, 0.4) is 0 Å². The predicted molar refractivity (Wildman–Crippen MR) is 89.2 cm³/mol. The highest BCUT2D eigenvalue weighted by Gasteiger charge is 2.08. The molecule has 0 aliphatic carbocycles. The summed E-state index contributed by atoms with van der Waals surface area (Å²) in [6.45, 7) is 8.25. The van der Waals surface area contributed by atoms with Crippen molar-refractivity contribution >= 4 is 12.2 Å². The van der Waals surface area contributed by atoms with Gasteiger partial charge >= 0.3 is 0 Å². The molecule has 0 atom stereocenters. The van der Waals surface area contributed by atoms with E-state index in [1.165, 1.54) is 6.42 Å². The number of hydrogen-bond donors (Lipinski definition) is 0. The molecule has 0 spiro atoms. The minimum atomic E-state index is 0.915. The fourth-order valence-corrected chi connectivity index (χ4v) is 1.72. The van der Waals surface area contributed by atoms with Crippen LogP contribution in [0.5, 0.6) is 11.5 Å². The molecule has 0 aromatic heterocycles. The molecular weight excluding hydrogens is 244 g/mol. The van der Waals surface area contributed by atoms with Crippen molar-refractivity contribution in [2.75, 3.05) is 0 Å². The second-order valence-electron chi connectivity index (χ2n) is 4.22. The van der Waals surface area contributed by atoms with Gasteiger partial charge in [-0.25, -0.2) is 0 Å². The zero-order valence-corrected chi connectivity index (χ0v) is 12.9. The Morgan fingerprint density at radius 2 is 1.05 bits per heavy atom. The lowest BCUT2D eigenvalue weighted by Crippen LogP contribution is -1.86. The third-order valence-corrected chi connectivity index (χ3v) is 2.50. The van der Waals surface area contributed by atoms with Crippen molar-refractivity contribution < 1.29 is 4.74 Å². The van der Waals surface area contributed by atoms with Crippen molar-refractivity contribution in [3.63, 3.8) is 0 Å². The van der Waals surface area contributed by atoms with Gasteiger partial charge in [0.15, 0.2) is 0 Å². The summed E-state index contributed by atoms with van der Waals surface area (Å²) in [4.78, 5) is 0. The molecule has 2 aromatic rings. The van der Waals surface area contributed by atoms with E-state index >= 15 is 0 Å². The Morgan fingerprint density at radius 3 is 1.45 bits per heavy atom. The Labute approximate surface area is 122 Å². The molecule has 1 nitrogen and oxygen atoms in total. The predicted octanol–water partition coefficient (Wildman–Crippen LogP) is 6.41. The highest BCUT2D eigenvalue weighted by atomic mass is 16.5. The molecule has 0 unspecified atom stereocenters. The molecule has 0 saturated carbocycles. The standard InChI is InChI=1S/C14H10O.C3H8.C2H6/c1-3-7-13-11(5-1)9-10-12-6-2-4-8-14(12)15-13;1-3-2;1-2/h1-10H;3H2,1-2H3;1-2H3. The smallest absolute Gasteiger partial charge is 0.134 e. The van der Waals surface area contributed by atoms with Gasteiger partial charge in [0, 0.05) is 11.1 Å². The molecule has 2 aromatic carbocycles. The van der Waals surface area contributed by atoms with Crippen LogP contribution in [0.15, 0.2) is 48.5 Å². The molecule has 0 fully saturated rings. The van der Waals surface area contributed by atoms with Crippen LogP contribution in [0, 0.1) is 0 Å². The first-order chi connectivity index (χ1) is 9.85. The Balaban J connectivity index is 0.000000357. The fourth-order valence-electron chi connectivity index (χ4n) is 1.72. The maximum absolute atomic E-state index is 5.84. The topological polar surface area (TPSA) is 9.23 Å². The molecule has 0 saturated heterocycles. The first-order valence-corrected chi connectivity index (χ1v) is 7.39. The van der Waals surface area contributed by atoms with E-state index in [4.69, 9.17) is 4.74 Å². The molecular formula is C19H24O. The highest BCUT2D eigenvalue weighted by Crippen LogP contribution is 2.33. The second-order valence-corrected chi connectivity index (χ2v) is 4.22. The molecule has 1 aliphatic heterocycles. The van der Waals surface area contributed by atoms with Gasteiger partial charge in [-0.3, -0.25) is 0 Å². The Bertz CT molecular complexity index is 493. The Hall–Kier alpha value is -2.02. The average molecular weight is 268 g/mol. The molecule has 0 radical (unpaired) electrons. The zero-order chi connectivity index (χ0) is 14.8. The lowest BCUT2D eigenvalue weighted by molar-refractivity contribution is 0.481. The third kappa shape index (κ3) is 4.27. The first kappa shape index (κ1) is 16.0. The SMILES string of the molecule is C1=Cc2ccccc2Oc2ccccc21.CC.CCC. The van der Waals surface area contributed by atoms with Gasteiger partial charge in [0.2, 0.25) is 0 Å². The summed E-state index contributed by atoms with van der Waals surface area (Å²) in [7, 11) is 0. The van der Waals surface area contributed by atoms with Crippen LogP contribution in [-0.2, 0) is 0 Å². The van der Waals surface area contributed by atoms with E-state index in [1.54, 1.807) is 0 Å². The minimum absolute atomic E-state index is 0.915. The van der Waals surface area contributed by atoms with Crippen molar-refractivity contribution in [1.82, 2.24) is 0 Å². The largest absolute Gasteiger partial charge is 0.456 e. The van der Waals surface area contributed by atoms with E-state index in [0.717, 1.165) is 22.6 Å². The molecule has 1 heteroatoms. The van der Waals surface area contributed by atoms with Gasteiger partial charge in [0.1, 0.15) is 11.5 Å². The maximum Gasteiger partial charge on any atom is 0.134 e.